The number of aryl methyl sites for hydroxylation is 1. The lowest BCUT2D eigenvalue weighted by Crippen LogP contribution is -2.16. The van der Waals surface area contributed by atoms with E-state index < -0.39 is 5.97 Å². The maximum Gasteiger partial charge on any atom is 0.335 e. The largest absolute Gasteiger partial charge is 0.478 e. The predicted molar refractivity (Wildman–Crippen MR) is 80.3 cm³/mol. The van der Waals surface area contributed by atoms with Gasteiger partial charge in [0.15, 0.2) is 0 Å². The molecule has 0 radical (unpaired) electrons. The number of carbonyl (C=O) groups is 1. The minimum absolute atomic E-state index is 0.153. The van der Waals surface area contributed by atoms with Crippen LogP contribution >= 0.6 is 0 Å². The highest BCUT2D eigenvalue weighted by Crippen LogP contribution is 2.21. The minimum atomic E-state index is -1.02. The smallest absolute Gasteiger partial charge is 0.335 e. The van der Waals surface area contributed by atoms with Crippen LogP contribution in [0.15, 0.2) is 41.2 Å². The van der Waals surface area contributed by atoms with E-state index in [4.69, 9.17) is 5.11 Å². The quantitative estimate of drug-likeness (QED) is 0.758. The van der Waals surface area contributed by atoms with Gasteiger partial charge in [-0.2, -0.15) is 0 Å². The van der Waals surface area contributed by atoms with Gasteiger partial charge in [0.1, 0.15) is 0 Å². The van der Waals surface area contributed by atoms with Gasteiger partial charge in [0.2, 0.25) is 0 Å². The van der Waals surface area contributed by atoms with E-state index >= 15 is 0 Å². The molecule has 0 amide bonds. The molecule has 0 aliphatic carbocycles. The second-order valence-corrected chi connectivity index (χ2v) is 5.02. The Kier molecular flexibility index (Phi) is 2.90. The third kappa shape index (κ3) is 2.03. The first-order chi connectivity index (χ1) is 9.99. The van der Waals surface area contributed by atoms with Crippen molar-refractivity contribution in [1.82, 2.24) is 9.55 Å². The van der Waals surface area contributed by atoms with Gasteiger partial charge in [0, 0.05) is 0 Å². The molecule has 0 aliphatic rings. The van der Waals surface area contributed by atoms with Crippen LogP contribution in [0.2, 0.25) is 0 Å². The molecule has 0 spiro atoms. The van der Waals surface area contributed by atoms with Crippen LogP contribution in [0.4, 0.5) is 0 Å². The van der Waals surface area contributed by atoms with Crippen molar-refractivity contribution in [2.45, 2.75) is 13.8 Å². The van der Waals surface area contributed by atoms with Crippen LogP contribution in [0.25, 0.3) is 16.7 Å². The Bertz CT molecular complexity index is 919. The number of aromatic amines is 1. The number of nitrogens with zero attached hydrogens (tertiary/aromatic N) is 1. The van der Waals surface area contributed by atoms with Gasteiger partial charge < -0.3 is 10.1 Å². The number of H-pyrrole nitrogens is 1. The summed E-state index contributed by atoms with van der Waals surface area (Å²) in [6.07, 6.45) is 0. The fourth-order valence-corrected chi connectivity index (χ4v) is 2.45. The molecule has 3 rings (SSSR count). The normalized spacial score (nSPS) is 11.0. The SMILES string of the molecule is Cc1cccc(-n2c(=O)[nH]c3ccc(C(=O)O)cc32)c1C. The summed E-state index contributed by atoms with van der Waals surface area (Å²) < 4.78 is 1.52. The molecule has 5 heteroatoms. The van der Waals surface area contributed by atoms with Gasteiger partial charge in [-0.3, -0.25) is 4.57 Å². The van der Waals surface area contributed by atoms with Crippen LogP contribution < -0.4 is 5.69 Å². The third-order valence-electron chi connectivity index (χ3n) is 3.75. The zero-order valence-electron chi connectivity index (χ0n) is 11.7. The summed E-state index contributed by atoms with van der Waals surface area (Å²) in [6, 6.07) is 10.3. The highest BCUT2D eigenvalue weighted by molar-refractivity contribution is 5.92. The summed E-state index contributed by atoms with van der Waals surface area (Å²) in [6.45, 7) is 3.92. The zero-order chi connectivity index (χ0) is 15.1. The molecule has 0 saturated carbocycles. The molecule has 1 aromatic heterocycles. The zero-order valence-corrected chi connectivity index (χ0v) is 11.7. The van der Waals surface area contributed by atoms with Crippen LogP contribution in [-0.2, 0) is 0 Å². The molecule has 5 nitrogen and oxygen atoms in total. The molecule has 0 atom stereocenters. The number of carboxylic acid groups (broad SMARTS) is 1. The molecule has 2 aromatic carbocycles. The molecule has 0 fully saturated rings. The minimum Gasteiger partial charge on any atom is -0.478 e. The molecular formula is C16H14N2O3. The van der Waals surface area contributed by atoms with Gasteiger partial charge in [0.05, 0.1) is 22.3 Å². The van der Waals surface area contributed by atoms with Crippen LogP contribution in [0.5, 0.6) is 0 Å². The lowest BCUT2D eigenvalue weighted by atomic mass is 10.1. The molecule has 0 aliphatic heterocycles. The van der Waals surface area contributed by atoms with Crippen LogP contribution in [0.3, 0.4) is 0 Å². The number of fused-ring (bicyclic) bond motifs is 1. The van der Waals surface area contributed by atoms with Crippen LogP contribution in [0.1, 0.15) is 21.5 Å². The van der Waals surface area contributed by atoms with Gasteiger partial charge >= 0.3 is 11.7 Å². The van der Waals surface area contributed by atoms with Crippen LogP contribution in [0, 0.1) is 13.8 Å². The van der Waals surface area contributed by atoms with Crippen molar-refractivity contribution in [3.05, 3.63) is 63.6 Å². The maximum atomic E-state index is 12.2. The number of benzene rings is 2. The molecule has 3 aromatic rings. The van der Waals surface area contributed by atoms with E-state index in [2.05, 4.69) is 4.98 Å². The number of hydrogen-bond donors (Lipinski definition) is 2. The first-order valence-electron chi connectivity index (χ1n) is 6.53. The second-order valence-electron chi connectivity index (χ2n) is 5.02. The van der Waals surface area contributed by atoms with Gasteiger partial charge in [-0.1, -0.05) is 12.1 Å². The Morgan fingerprint density at radius 1 is 1.19 bits per heavy atom. The van der Waals surface area contributed by atoms with Crippen molar-refractivity contribution < 1.29 is 9.90 Å². The number of hydrogen-bond acceptors (Lipinski definition) is 2. The number of nitrogens with one attached hydrogen (secondary N) is 1. The molecule has 21 heavy (non-hydrogen) atoms. The van der Waals surface area contributed by atoms with Crippen LogP contribution in [-0.4, -0.2) is 20.6 Å². The van der Waals surface area contributed by atoms with Crippen molar-refractivity contribution in [3.8, 4) is 5.69 Å². The number of aromatic carboxylic acids is 1. The Labute approximate surface area is 120 Å². The number of rotatable bonds is 2. The lowest BCUT2D eigenvalue weighted by molar-refractivity contribution is 0.0697. The summed E-state index contributed by atoms with van der Waals surface area (Å²) in [5.41, 5.74) is 3.87. The number of aromatic nitrogens is 2. The summed E-state index contributed by atoms with van der Waals surface area (Å²) in [5.74, 6) is -1.02. The van der Waals surface area contributed by atoms with Crippen molar-refractivity contribution in [2.24, 2.45) is 0 Å². The Morgan fingerprint density at radius 3 is 2.67 bits per heavy atom. The van der Waals surface area contributed by atoms with Crippen molar-refractivity contribution in [1.29, 1.82) is 0 Å². The molecular weight excluding hydrogens is 268 g/mol. The predicted octanol–water partition coefficient (Wildman–Crippen LogP) is 2.63. The average molecular weight is 282 g/mol. The summed E-state index contributed by atoms with van der Waals surface area (Å²) in [7, 11) is 0. The molecule has 1 heterocycles. The van der Waals surface area contributed by atoms with E-state index in [1.54, 1.807) is 6.07 Å². The second kappa shape index (κ2) is 4.63. The number of imidazole rings is 1. The van der Waals surface area contributed by atoms with Gasteiger partial charge in [0.25, 0.3) is 0 Å². The number of carboxylic acids is 1. The monoisotopic (exact) mass is 282 g/mol. The van der Waals surface area contributed by atoms with Crippen molar-refractivity contribution >= 4 is 17.0 Å². The highest BCUT2D eigenvalue weighted by atomic mass is 16.4. The Morgan fingerprint density at radius 2 is 1.95 bits per heavy atom. The van der Waals surface area contributed by atoms with Crippen molar-refractivity contribution in [2.75, 3.05) is 0 Å². The fourth-order valence-electron chi connectivity index (χ4n) is 2.45. The summed E-state index contributed by atoms with van der Waals surface area (Å²) >= 11 is 0. The third-order valence-corrected chi connectivity index (χ3v) is 3.75. The molecule has 2 N–H and O–H groups in total. The standard InChI is InChI=1S/C16H14N2O3/c1-9-4-3-5-13(10(9)2)18-14-8-11(15(19)20)6-7-12(14)17-16(18)21/h3-8H,1-2H3,(H,17,21)(H,19,20). The van der Waals surface area contributed by atoms with Gasteiger partial charge in [-0.05, 0) is 49.2 Å². The maximum absolute atomic E-state index is 12.2. The molecule has 0 bridgehead atoms. The van der Waals surface area contributed by atoms with E-state index in [-0.39, 0.29) is 11.3 Å². The first-order valence-corrected chi connectivity index (χ1v) is 6.53. The first kappa shape index (κ1) is 13.2. The topological polar surface area (TPSA) is 75.1 Å². The van der Waals surface area contributed by atoms with E-state index in [0.717, 1.165) is 16.8 Å². The fraction of sp³-hybridized carbons (Fsp3) is 0.125. The Balaban J connectivity index is 2.39. The molecule has 0 unspecified atom stereocenters. The lowest BCUT2D eigenvalue weighted by Gasteiger charge is -2.09. The molecule has 106 valence electrons. The molecule has 0 saturated heterocycles. The van der Waals surface area contributed by atoms with Gasteiger partial charge in [-0.25, -0.2) is 9.59 Å². The summed E-state index contributed by atoms with van der Waals surface area (Å²) in [5, 5.41) is 9.11. The summed E-state index contributed by atoms with van der Waals surface area (Å²) in [4.78, 5) is 26.1. The average Bonchev–Trinajstić information content (AvgIpc) is 2.77. The van der Waals surface area contributed by atoms with Crippen molar-refractivity contribution in [3.63, 3.8) is 0 Å². The van der Waals surface area contributed by atoms with E-state index in [9.17, 15) is 9.59 Å². The Hall–Kier alpha value is -2.82. The van der Waals surface area contributed by atoms with E-state index in [1.165, 1.54) is 16.7 Å². The van der Waals surface area contributed by atoms with E-state index in [1.807, 2.05) is 32.0 Å². The van der Waals surface area contributed by atoms with Gasteiger partial charge in [-0.15, -0.1) is 0 Å². The van der Waals surface area contributed by atoms with E-state index in [0.29, 0.717) is 11.0 Å². The highest BCUT2D eigenvalue weighted by Gasteiger charge is 2.13.